The number of halogens is 1. The summed E-state index contributed by atoms with van der Waals surface area (Å²) >= 11 is 5.88. The number of nitrogens with two attached hydrogens (primary N) is 1. The Hall–Kier alpha value is -2.78. The van der Waals surface area contributed by atoms with Gasteiger partial charge in [-0.2, -0.15) is 0 Å². The van der Waals surface area contributed by atoms with E-state index in [2.05, 4.69) is 0 Å². The molecule has 3 nitrogen and oxygen atoms in total. The highest BCUT2D eigenvalue weighted by Gasteiger charge is 2.09. The molecule has 0 aliphatic carbocycles. The summed E-state index contributed by atoms with van der Waals surface area (Å²) in [5, 5.41) is 0.692. The first kappa shape index (κ1) is 15.1. The summed E-state index contributed by atoms with van der Waals surface area (Å²) in [4.78, 5) is 12.1. The standard InChI is InChI=1S/C19H14ClNO2/c20-16-7-5-14(6-8-16)13-1-3-15(4-2-13)19(22)23-18-11-9-17(21)10-12-18/h1-12H,21H2. The van der Waals surface area contributed by atoms with E-state index in [0.29, 0.717) is 22.0 Å². The van der Waals surface area contributed by atoms with Crippen LogP contribution in [0.5, 0.6) is 5.75 Å². The molecule has 3 rings (SSSR count). The number of nitrogen functional groups attached to an aromatic ring is 1. The van der Waals surface area contributed by atoms with E-state index < -0.39 is 5.97 Å². The largest absolute Gasteiger partial charge is 0.423 e. The highest BCUT2D eigenvalue weighted by Crippen LogP contribution is 2.22. The van der Waals surface area contributed by atoms with Crippen LogP contribution < -0.4 is 10.5 Å². The number of hydrogen-bond acceptors (Lipinski definition) is 3. The number of carbonyl (C=O) groups excluding carboxylic acids is 1. The highest BCUT2D eigenvalue weighted by molar-refractivity contribution is 6.30. The zero-order chi connectivity index (χ0) is 16.2. The zero-order valence-electron chi connectivity index (χ0n) is 12.2. The van der Waals surface area contributed by atoms with Gasteiger partial charge in [0.15, 0.2) is 0 Å². The number of hydrogen-bond donors (Lipinski definition) is 1. The van der Waals surface area contributed by atoms with Crippen LogP contribution in [0.1, 0.15) is 10.4 Å². The Morgan fingerprint density at radius 1 is 0.783 bits per heavy atom. The molecular formula is C19H14ClNO2. The molecular weight excluding hydrogens is 310 g/mol. The summed E-state index contributed by atoms with van der Waals surface area (Å²) in [5.74, 6) is 0.0587. The Bertz CT molecular complexity index is 809. The molecule has 0 spiro atoms. The van der Waals surface area contributed by atoms with Gasteiger partial charge in [0.05, 0.1) is 5.56 Å². The van der Waals surface area contributed by atoms with Gasteiger partial charge in [0, 0.05) is 10.7 Å². The van der Waals surface area contributed by atoms with E-state index in [9.17, 15) is 4.79 Å². The monoisotopic (exact) mass is 323 g/mol. The van der Waals surface area contributed by atoms with Crippen molar-refractivity contribution in [2.75, 3.05) is 5.73 Å². The van der Waals surface area contributed by atoms with E-state index in [4.69, 9.17) is 22.1 Å². The van der Waals surface area contributed by atoms with Crippen molar-refractivity contribution in [2.24, 2.45) is 0 Å². The maximum atomic E-state index is 12.1. The summed E-state index contributed by atoms with van der Waals surface area (Å²) in [7, 11) is 0. The van der Waals surface area contributed by atoms with Gasteiger partial charge in [-0.3, -0.25) is 0 Å². The van der Waals surface area contributed by atoms with Gasteiger partial charge in [-0.1, -0.05) is 35.9 Å². The van der Waals surface area contributed by atoms with Crippen molar-refractivity contribution in [2.45, 2.75) is 0 Å². The first-order valence-electron chi connectivity index (χ1n) is 7.05. The van der Waals surface area contributed by atoms with Gasteiger partial charge in [-0.15, -0.1) is 0 Å². The third-order valence-electron chi connectivity index (χ3n) is 3.39. The molecule has 0 saturated carbocycles. The molecule has 0 aliphatic heterocycles. The van der Waals surface area contributed by atoms with Gasteiger partial charge in [0.1, 0.15) is 5.75 Å². The van der Waals surface area contributed by atoms with Crippen LogP contribution in [0.4, 0.5) is 5.69 Å². The second kappa shape index (κ2) is 6.55. The van der Waals surface area contributed by atoms with Crippen molar-refractivity contribution < 1.29 is 9.53 Å². The maximum absolute atomic E-state index is 12.1. The number of esters is 1. The van der Waals surface area contributed by atoms with E-state index in [1.54, 1.807) is 36.4 Å². The molecule has 0 aromatic heterocycles. The lowest BCUT2D eigenvalue weighted by molar-refractivity contribution is 0.0735. The molecule has 0 unspecified atom stereocenters. The van der Waals surface area contributed by atoms with Gasteiger partial charge >= 0.3 is 5.97 Å². The van der Waals surface area contributed by atoms with Gasteiger partial charge < -0.3 is 10.5 Å². The van der Waals surface area contributed by atoms with Crippen molar-refractivity contribution in [1.82, 2.24) is 0 Å². The Kier molecular flexibility index (Phi) is 4.31. The minimum Gasteiger partial charge on any atom is -0.423 e. The molecule has 0 atom stereocenters. The van der Waals surface area contributed by atoms with E-state index in [-0.39, 0.29) is 0 Å². The maximum Gasteiger partial charge on any atom is 0.343 e. The fraction of sp³-hybridized carbons (Fsp3) is 0. The molecule has 23 heavy (non-hydrogen) atoms. The second-order valence-electron chi connectivity index (χ2n) is 5.04. The first-order chi connectivity index (χ1) is 11.1. The predicted octanol–water partition coefficient (Wildman–Crippen LogP) is 4.81. The molecule has 0 aliphatic rings. The minimum atomic E-state index is -0.405. The van der Waals surface area contributed by atoms with Crippen LogP contribution in [0.25, 0.3) is 11.1 Å². The van der Waals surface area contributed by atoms with Crippen LogP contribution in [-0.2, 0) is 0 Å². The zero-order valence-corrected chi connectivity index (χ0v) is 13.0. The molecule has 0 amide bonds. The van der Waals surface area contributed by atoms with Crippen LogP contribution in [0.3, 0.4) is 0 Å². The summed E-state index contributed by atoms with van der Waals surface area (Å²) in [6.07, 6.45) is 0. The predicted molar refractivity (Wildman–Crippen MR) is 92.7 cm³/mol. The summed E-state index contributed by atoms with van der Waals surface area (Å²) in [6.45, 7) is 0. The van der Waals surface area contributed by atoms with E-state index >= 15 is 0 Å². The van der Waals surface area contributed by atoms with Gasteiger partial charge in [0.25, 0.3) is 0 Å². The SMILES string of the molecule is Nc1ccc(OC(=O)c2ccc(-c3ccc(Cl)cc3)cc2)cc1. The molecule has 114 valence electrons. The van der Waals surface area contributed by atoms with Crippen LogP contribution in [0.2, 0.25) is 5.02 Å². The third kappa shape index (κ3) is 3.71. The molecule has 0 saturated heterocycles. The highest BCUT2D eigenvalue weighted by atomic mass is 35.5. The van der Waals surface area contributed by atoms with Crippen molar-refractivity contribution in [3.8, 4) is 16.9 Å². The van der Waals surface area contributed by atoms with Gasteiger partial charge in [-0.05, 0) is 59.7 Å². The average molecular weight is 324 g/mol. The third-order valence-corrected chi connectivity index (χ3v) is 3.64. The Labute approximate surface area is 139 Å². The fourth-order valence-corrected chi connectivity index (χ4v) is 2.27. The van der Waals surface area contributed by atoms with E-state index in [0.717, 1.165) is 11.1 Å². The first-order valence-corrected chi connectivity index (χ1v) is 7.43. The topological polar surface area (TPSA) is 52.3 Å². The normalized spacial score (nSPS) is 10.3. The van der Waals surface area contributed by atoms with Crippen LogP contribution >= 0.6 is 11.6 Å². The molecule has 3 aromatic rings. The Morgan fingerprint density at radius 3 is 1.87 bits per heavy atom. The molecule has 0 radical (unpaired) electrons. The van der Waals surface area contributed by atoms with Gasteiger partial charge in [0.2, 0.25) is 0 Å². The number of ether oxygens (including phenoxy) is 1. The summed E-state index contributed by atoms with van der Waals surface area (Å²) in [5.41, 5.74) is 8.75. The average Bonchev–Trinajstić information content (AvgIpc) is 2.58. The van der Waals surface area contributed by atoms with Crippen LogP contribution in [-0.4, -0.2) is 5.97 Å². The second-order valence-corrected chi connectivity index (χ2v) is 5.48. The van der Waals surface area contributed by atoms with Crippen LogP contribution in [0, 0.1) is 0 Å². The van der Waals surface area contributed by atoms with Crippen molar-refractivity contribution in [1.29, 1.82) is 0 Å². The number of benzene rings is 3. The van der Waals surface area contributed by atoms with E-state index in [1.807, 2.05) is 36.4 Å². The lowest BCUT2D eigenvalue weighted by Gasteiger charge is -2.06. The quantitative estimate of drug-likeness (QED) is 0.427. The molecule has 2 N–H and O–H groups in total. The van der Waals surface area contributed by atoms with Crippen molar-refractivity contribution >= 4 is 23.3 Å². The lowest BCUT2D eigenvalue weighted by atomic mass is 10.0. The Balaban J connectivity index is 1.74. The molecule has 0 fully saturated rings. The summed E-state index contributed by atoms with van der Waals surface area (Å²) < 4.78 is 5.30. The van der Waals surface area contributed by atoms with E-state index in [1.165, 1.54) is 0 Å². The molecule has 0 bridgehead atoms. The lowest BCUT2D eigenvalue weighted by Crippen LogP contribution is -2.08. The Morgan fingerprint density at radius 2 is 1.30 bits per heavy atom. The number of anilines is 1. The van der Waals surface area contributed by atoms with Gasteiger partial charge in [-0.25, -0.2) is 4.79 Å². The van der Waals surface area contributed by atoms with Crippen molar-refractivity contribution in [3.63, 3.8) is 0 Å². The van der Waals surface area contributed by atoms with Crippen molar-refractivity contribution in [3.05, 3.63) is 83.4 Å². The smallest absolute Gasteiger partial charge is 0.343 e. The number of rotatable bonds is 3. The van der Waals surface area contributed by atoms with Crippen LogP contribution in [0.15, 0.2) is 72.8 Å². The minimum absolute atomic E-state index is 0.405. The fourth-order valence-electron chi connectivity index (χ4n) is 2.14. The summed E-state index contributed by atoms with van der Waals surface area (Å²) in [6, 6.07) is 21.5. The molecule has 0 heterocycles. The number of carbonyl (C=O) groups is 1. The molecule has 3 aromatic carbocycles. The molecule has 4 heteroatoms.